The molecule has 1 saturated heterocycles. The van der Waals surface area contributed by atoms with E-state index in [1.807, 2.05) is 25.1 Å². The monoisotopic (exact) mass is 302 g/mol. The van der Waals surface area contributed by atoms with Crippen LogP contribution in [-0.4, -0.2) is 40.6 Å². The molecular weight excluding hydrogens is 276 g/mol. The summed E-state index contributed by atoms with van der Waals surface area (Å²) in [6.07, 6.45) is 3.30. The van der Waals surface area contributed by atoms with E-state index in [4.69, 9.17) is 0 Å². The summed E-state index contributed by atoms with van der Waals surface area (Å²) in [6, 6.07) is 10.0. The van der Waals surface area contributed by atoms with Crippen LogP contribution in [0.15, 0.2) is 30.3 Å². The molecule has 1 heterocycles. The predicted octanol–water partition coefficient (Wildman–Crippen LogP) is 2.10. The van der Waals surface area contributed by atoms with E-state index in [-0.39, 0.29) is 18.0 Å². The zero-order valence-corrected chi connectivity index (χ0v) is 13.5. The largest absolute Gasteiger partial charge is 0.388 e. The highest BCUT2D eigenvalue weighted by molar-refractivity contribution is 5.73. The molecule has 1 aromatic carbocycles. The van der Waals surface area contributed by atoms with Crippen LogP contribution < -0.4 is 5.32 Å². The minimum atomic E-state index is -0.883. The number of nitrogens with zero attached hydrogens (tertiary/aromatic N) is 1. The number of hydrogen-bond acceptors (Lipinski definition) is 3. The fourth-order valence-corrected chi connectivity index (χ4v) is 3.56. The standard InChI is InChI=1S/C18H26N2O2/c1-13(21)19-17-16(15-6-4-3-5-7-15)20(12-14-8-9-14)11-10-18(17,2)22/h3-7,14,16-17,22H,8-12H2,1-2H3,(H,19,21)/t16-,17-,18+/m0/s1. The van der Waals surface area contributed by atoms with E-state index < -0.39 is 5.60 Å². The van der Waals surface area contributed by atoms with Crippen molar-refractivity contribution in [2.75, 3.05) is 13.1 Å². The highest BCUT2D eigenvalue weighted by Gasteiger charge is 2.46. The fourth-order valence-electron chi connectivity index (χ4n) is 3.56. The van der Waals surface area contributed by atoms with Gasteiger partial charge in [0.2, 0.25) is 5.91 Å². The molecule has 0 radical (unpaired) electrons. The number of aliphatic hydroxyl groups is 1. The van der Waals surface area contributed by atoms with Crippen LogP contribution in [0.5, 0.6) is 0 Å². The Labute approximate surface area is 132 Å². The Kier molecular flexibility index (Phi) is 4.24. The van der Waals surface area contributed by atoms with Crippen molar-refractivity contribution in [3.8, 4) is 0 Å². The molecule has 1 aliphatic carbocycles. The summed E-state index contributed by atoms with van der Waals surface area (Å²) in [6.45, 7) is 5.31. The Bertz CT molecular complexity index is 525. The van der Waals surface area contributed by atoms with E-state index in [9.17, 15) is 9.90 Å². The number of likely N-dealkylation sites (tertiary alicyclic amines) is 1. The molecule has 0 unspecified atom stereocenters. The molecule has 1 saturated carbocycles. The maximum atomic E-state index is 11.7. The molecule has 1 aliphatic heterocycles. The highest BCUT2D eigenvalue weighted by Crippen LogP contribution is 2.40. The van der Waals surface area contributed by atoms with Gasteiger partial charge in [0.25, 0.3) is 0 Å². The molecule has 0 bridgehead atoms. The predicted molar refractivity (Wildman–Crippen MR) is 86.3 cm³/mol. The van der Waals surface area contributed by atoms with Crippen molar-refractivity contribution in [3.05, 3.63) is 35.9 Å². The maximum Gasteiger partial charge on any atom is 0.217 e. The molecule has 1 amide bonds. The van der Waals surface area contributed by atoms with Crippen molar-refractivity contribution in [3.63, 3.8) is 0 Å². The lowest BCUT2D eigenvalue weighted by atomic mass is 9.79. The molecule has 3 rings (SSSR count). The summed E-state index contributed by atoms with van der Waals surface area (Å²) in [4.78, 5) is 14.1. The van der Waals surface area contributed by atoms with Crippen molar-refractivity contribution in [1.82, 2.24) is 10.2 Å². The van der Waals surface area contributed by atoms with E-state index in [1.165, 1.54) is 25.3 Å². The van der Waals surface area contributed by atoms with Crippen molar-refractivity contribution < 1.29 is 9.90 Å². The second-order valence-electron chi connectivity index (χ2n) is 7.08. The maximum absolute atomic E-state index is 11.7. The topological polar surface area (TPSA) is 52.6 Å². The molecule has 22 heavy (non-hydrogen) atoms. The van der Waals surface area contributed by atoms with Gasteiger partial charge in [0.05, 0.1) is 17.7 Å². The van der Waals surface area contributed by atoms with Crippen LogP contribution in [0.1, 0.15) is 44.7 Å². The lowest BCUT2D eigenvalue weighted by Crippen LogP contribution is -2.62. The van der Waals surface area contributed by atoms with Crippen LogP contribution in [0.25, 0.3) is 0 Å². The summed E-state index contributed by atoms with van der Waals surface area (Å²) < 4.78 is 0. The van der Waals surface area contributed by atoms with Crippen LogP contribution in [0, 0.1) is 5.92 Å². The third-order valence-corrected chi connectivity index (χ3v) is 4.97. The number of carbonyl (C=O) groups is 1. The van der Waals surface area contributed by atoms with Crippen molar-refractivity contribution in [2.45, 2.75) is 50.8 Å². The molecule has 120 valence electrons. The van der Waals surface area contributed by atoms with Gasteiger partial charge in [-0.1, -0.05) is 30.3 Å². The molecule has 0 spiro atoms. The molecule has 2 fully saturated rings. The van der Waals surface area contributed by atoms with Crippen molar-refractivity contribution >= 4 is 5.91 Å². The zero-order chi connectivity index (χ0) is 15.7. The van der Waals surface area contributed by atoms with Gasteiger partial charge in [-0.3, -0.25) is 9.69 Å². The van der Waals surface area contributed by atoms with E-state index in [1.54, 1.807) is 0 Å². The molecular formula is C18H26N2O2. The Hall–Kier alpha value is -1.39. The first-order valence-corrected chi connectivity index (χ1v) is 8.26. The summed E-state index contributed by atoms with van der Waals surface area (Å²) in [5.41, 5.74) is 0.286. The number of carbonyl (C=O) groups excluding carboxylic acids is 1. The quantitative estimate of drug-likeness (QED) is 0.895. The van der Waals surface area contributed by atoms with Crippen molar-refractivity contribution in [1.29, 1.82) is 0 Å². The summed E-state index contributed by atoms with van der Waals surface area (Å²) in [5, 5.41) is 13.9. The minimum absolute atomic E-state index is 0.0365. The Morgan fingerprint density at radius 2 is 2.05 bits per heavy atom. The first-order valence-electron chi connectivity index (χ1n) is 8.26. The normalized spacial score (nSPS) is 32.7. The number of amides is 1. The molecule has 2 aliphatic rings. The number of rotatable bonds is 4. The third kappa shape index (κ3) is 3.33. The van der Waals surface area contributed by atoms with E-state index >= 15 is 0 Å². The van der Waals surface area contributed by atoms with Gasteiger partial charge in [0.15, 0.2) is 0 Å². The molecule has 4 nitrogen and oxygen atoms in total. The number of piperidine rings is 1. The van der Waals surface area contributed by atoms with Gasteiger partial charge in [-0.2, -0.15) is 0 Å². The average Bonchev–Trinajstić information content (AvgIpc) is 3.27. The van der Waals surface area contributed by atoms with Gasteiger partial charge in [-0.25, -0.2) is 0 Å². The first kappa shape index (κ1) is 15.5. The van der Waals surface area contributed by atoms with Crippen LogP contribution in [-0.2, 0) is 4.79 Å². The lowest BCUT2D eigenvalue weighted by Gasteiger charge is -2.49. The van der Waals surface area contributed by atoms with Gasteiger partial charge >= 0.3 is 0 Å². The first-order chi connectivity index (χ1) is 10.5. The van der Waals surface area contributed by atoms with Gasteiger partial charge in [0, 0.05) is 20.0 Å². The van der Waals surface area contributed by atoms with Gasteiger partial charge < -0.3 is 10.4 Å². The second-order valence-corrected chi connectivity index (χ2v) is 7.08. The number of nitrogens with one attached hydrogen (secondary N) is 1. The number of benzene rings is 1. The zero-order valence-electron chi connectivity index (χ0n) is 13.5. The van der Waals surface area contributed by atoms with Crippen LogP contribution >= 0.6 is 0 Å². The molecule has 1 aromatic rings. The van der Waals surface area contributed by atoms with E-state index in [2.05, 4.69) is 22.3 Å². The Morgan fingerprint density at radius 1 is 1.36 bits per heavy atom. The van der Waals surface area contributed by atoms with Gasteiger partial charge in [0.1, 0.15) is 0 Å². The molecule has 3 atom stereocenters. The smallest absolute Gasteiger partial charge is 0.217 e. The molecule has 2 N–H and O–H groups in total. The Morgan fingerprint density at radius 3 is 2.64 bits per heavy atom. The molecule has 4 heteroatoms. The van der Waals surface area contributed by atoms with Crippen LogP contribution in [0.2, 0.25) is 0 Å². The SMILES string of the molecule is CC(=O)N[C@H]1[C@H](c2ccccc2)N(CC2CC2)CC[C@@]1(C)O. The second kappa shape index (κ2) is 6.01. The Balaban J connectivity index is 1.93. The van der Waals surface area contributed by atoms with Gasteiger partial charge in [-0.05, 0) is 37.7 Å². The summed E-state index contributed by atoms with van der Waals surface area (Å²) in [7, 11) is 0. The molecule has 0 aromatic heterocycles. The third-order valence-electron chi connectivity index (χ3n) is 4.97. The number of hydrogen-bond donors (Lipinski definition) is 2. The minimum Gasteiger partial charge on any atom is -0.388 e. The van der Waals surface area contributed by atoms with Gasteiger partial charge in [-0.15, -0.1) is 0 Å². The van der Waals surface area contributed by atoms with E-state index in [0.29, 0.717) is 6.42 Å². The van der Waals surface area contributed by atoms with Crippen LogP contribution in [0.4, 0.5) is 0 Å². The van der Waals surface area contributed by atoms with Crippen LogP contribution in [0.3, 0.4) is 0 Å². The average molecular weight is 302 g/mol. The fraction of sp³-hybridized carbons (Fsp3) is 0.611. The lowest BCUT2D eigenvalue weighted by molar-refractivity contribution is -0.126. The highest BCUT2D eigenvalue weighted by atomic mass is 16.3. The van der Waals surface area contributed by atoms with Crippen molar-refractivity contribution in [2.24, 2.45) is 5.92 Å². The summed E-state index contributed by atoms with van der Waals surface area (Å²) >= 11 is 0. The summed E-state index contributed by atoms with van der Waals surface area (Å²) in [5.74, 6) is 0.701. The van der Waals surface area contributed by atoms with E-state index in [0.717, 1.165) is 19.0 Å².